The van der Waals surface area contributed by atoms with E-state index in [2.05, 4.69) is 36.3 Å². The molecule has 0 amide bonds. The summed E-state index contributed by atoms with van der Waals surface area (Å²) in [6, 6.07) is 4.25. The van der Waals surface area contributed by atoms with Crippen LogP contribution in [-0.2, 0) is 11.3 Å². The van der Waals surface area contributed by atoms with Gasteiger partial charge in [0.05, 0.1) is 12.1 Å². The minimum Gasteiger partial charge on any atom is -0.383 e. The molecule has 0 aliphatic carbocycles. The van der Waals surface area contributed by atoms with Crippen molar-refractivity contribution in [1.29, 1.82) is 0 Å². The lowest BCUT2D eigenvalue weighted by atomic mass is 10.0. The minimum absolute atomic E-state index is 0.0759. The lowest BCUT2D eigenvalue weighted by Crippen LogP contribution is -2.54. The van der Waals surface area contributed by atoms with Gasteiger partial charge >= 0.3 is 0 Å². The summed E-state index contributed by atoms with van der Waals surface area (Å²) < 4.78 is 5.28. The molecule has 0 aromatic carbocycles. The van der Waals surface area contributed by atoms with Gasteiger partial charge in [-0.15, -0.1) is 11.3 Å². The summed E-state index contributed by atoms with van der Waals surface area (Å²) in [7, 11) is 1.73. The largest absolute Gasteiger partial charge is 0.383 e. The molecule has 0 saturated carbocycles. The normalized spacial score (nSPS) is 15.3. The fourth-order valence-corrected chi connectivity index (χ4v) is 2.58. The van der Waals surface area contributed by atoms with Crippen LogP contribution in [0.2, 0.25) is 0 Å². The van der Waals surface area contributed by atoms with Crippen LogP contribution in [0.3, 0.4) is 0 Å². The van der Waals surface area contributed by atoms with Crippen LogP contribution in [0, 0.1) is 0 Å². The smallest absolute Gasteiger partial charge is 0.0656 e. The molecule has 0 radical (unpaired) electrons. The van der Waals surface area contributed by atoms with Gasteiger partial charge in [-0.3, -0.25) is 4.90 Å². The van der Waals surface area contributed by atoms with Crippen LogP contribution >= 0.6 is 11.3 Å². The van der Waals surface area contributed by atoms with Crippen molar-refractivity contribution in [3.8, 4) is 0 Å². The Morgan fingerprint density at radius 2 is 2.31 bits per heavy atom. The lowest BCUT2D eigenvalue weighted by Gasteiger charge is -2.39. The summed E-state index contributed by atoms with van der Waals surface area (Å²) in [4.78, 5) is 3.75. The third-order valence-corrected chi connectivity index (χ3v) is 3.83. The maximum Gasteiger partial charge on any atom is 0.0656 e. The van der Waals surface area contributed by atoms with E-state index in [4.69, 9.17) is 10.5 Å². The molecule has 0 bridgehead atoms. The molecule has 0 aliphatic heterocycles. The number of likely N-dealkylation sites (N-methyl/N-ethyl adjacent to an activating group) is 1. The average molecular weight is 242 g/mol. The molecule has 0 spiro atoms. The van der Waals surface area contributed by atoms with Crippen LogP contribution < -0.4 is 5.73 Å². The van der Waals surface area contributed by atoms with E-state index in [0.717, 1.165) is 13.1 Å². The Labute approximate surface area is 102 Å². The monoisotopic (exact) mass is 242 g/mol. The molecule has 1 atom stereocenters. The first-order valence-corrected chi connectivity index (χ1v) is 6.50. The number of hydrogen-bond donors (Lipinski definition) is 1. The summed E-state index contributed by atoms with van der Waals surface area (Å²) in [5, 5.41) is 2.11. The Kier molecular flexibility index (Phi) is 5.41. The first kappa shape index (κ1) is 13.6. The molecule has 3 nitrogen and oxygen atoms in total. The van der Waals surface area contributed by atoms with Crippen molar-refractivity contribution in [1.82, 2.24) is 4.90 Å². The zero-order valence-electron chi connectivity index (χ0n) is 10.4. The summed E-state index contributed by atoms with van der Waals surface area (Å²) in [6.45, 7) is 7.54. The molecule has 1 aromatic rings. The van der Waals surface area contributed by atoms with E-state index in [1.165, 1.54) is 4.88 Å². The summed E-state index contributed by atoms with van der Waals surface area (Å²) in [6.07, 6.45) is 0. The van der Waals surface area contributed by atoms with E-state index in [-0.39, 0.29) is 5.54 Å². The second kappa shape index (κ2) is 6.35. The third-order valence-electron chi connectivity index (χ3n) is 2.97. The molecule has 1 heterocycles. The van der Waals surface area contributed by atoms with Gasteiger partial charge in [0, 0.05) is 25.1 Å². The molecule has 2 N–H and O–H groups in total. The number of hydrogen-bond acceptors (Lipinski definition) is 4. The number of ether oxygens (including phenoxy) is 1. The van der Waals surface area contributed by atoms with Crippen LogP contribution in [0.4, 0.5) is 0 Å². The van der Waals surface area contributed by atoms with E-state index in [1.54, 1.807) is 18.4 Å². The molecule has 1 aromatic heterocycles. The van der Waals surface area contributed by atoms with E-state index < -0.39 is 0 Å². The third kappa shape index (κ3) is 3.28. The summed E-state index contributed by atoms with van der Waals surface area (Å²) >= 11 is 1.79. The predicted molar refractivity (Wildman–Crippen MR) is 69.7 cm³/mol. The molecule has 16 heavy (non-hydrogen) atoms. The van der Waals surface area contributed by atoms with E-state index in [9.17, 15) is 0 Å². The van der Waals surface area contributed by atoms with Crippen molar-refractivity contribution < 1.29 is 4.74 Å². The SMILES string of the molecule is CCN(Cc1cccs1)C(C)(CN)COC. The average Bonchev–Trinajstić information content (AvgIpc) is 2.78. The molecule has 0 saturated heterocycles. The van der Waals surface area contributed by atoms with E-state index in [1.807, 2.05) is 0 Å². The molecule has 1 rings (SSSR count). The van der Waals surface area contributed by atoms with E-state index >= 15 is 0 Å². The Morgan fingerprint density at radius 3 is 2.75 bits per heavy atom. The van der Waals surface area contributed by atoms with Crippen LogP contribution in [0.25, 0.3) is 0 Å². The van der Waals surface area contributed by atoms with Crippen molar-refractivity contribution in [2.45, 2.75) is 25.9 Å². The van der Waals surface area contributed by atoms with Gasteiger partial charge in [0.2, 0.25) is 0 Å². The van der Waals surface area contributed by atoms with Crippen LogP contribution in [0.1, 0.15) is 18.7 Å². The highest BCUT2D eigenvalue weighted by Crippen LogP contribution is 2.20. The van der Waals surface area contributed by atoms with Crippen molar-refractivity contribution in [3.05, 3.63) is 22.4 Å². The summed E-state index contributed by atoms with van der Waals surface area (Å²) in [5.41, 5.74) is 5.80. The maximum atomic E-state index is 5.88. The number of nitrogens with two attached hydrogens (primary N) is 1. The van der Waals surface area contributed by atoms with Gasteiger partial charge < -0.3 is 10.5 Å². The van der Waals surface area contributed by atoms with Crippen molar-refractivity contribution in [3.63, 3.8) is 0 Å². The number of rotatable bonds is 7. The summed E-state index contributed by atoms with van der Waals surface area (Å²) in [5.74, 6) is 0. The Hall–Kier alpha value is -0.420. The number of thiophene rings is 1. The zero-order chi connectivity index (χ0) is 12.0. The van der Waals surface area contributed by atoms with Gasteiger partial charge in [0.1, 0.15) is 0 Å². The van der Waals surface area contributed by atoms with Gasteiger partial charge in [-0.25, -0.2) is 0 Å². The van der Waals surface area contributed by atoms with Crippen LogP contribution in [-0.4, -0.2) is 37.2 Å². The zero-order valence-corrected chi connectivity index (χ0v) is 11.2. The fourth-order valence-electron chi connectivity index (χ4n) is 1.87. The van der Waals surface area contributed by atoms with Crippen molar-refractivity contribution in [2.75, 3.05) is 26.8 Å². The van der Waals surface area contributed by atoms with Crippen LogP contribution in [0.15, 0.2) is 17.5 Å². The second-order valence-corrected chi connectivity index (χ2v) is 5.26. The molecular weight excluding hydrogens is 220 g/mol. The second-order valence-electron chi connectivity index (χ2n) is 4.23. The first-order valence-electron chi connectivity index (χ1n) is 5.62. The highest BCUT2D eigenvalue weighted by Gasteiger charge is 2.29. The molecule has 0 fully saturated rings. The van der Waals surface area contributed by atoms with Gasteiger partial charge in [-0.1, -0.05) is 13.0 Å². The molecule has 0 aliphatic rings. The molecule has 4 heteroatoms. The first-order chi connectivity index (χ1) is 7.66. The van der Waals surface area contributed by atoms with Gasteiger partial charge in [0.15, 0.2) is 0 Å². The Morgan fingerprint density at radius 1 is 1.56 bits per heavy atom. The molecule has 92 valence electrons. The Balaban J connectivity index is 2.71. The van der Waals surface area contributed by atoms with Gasteiger partial charge in [0.25, 0.3) is 0 Å². The van der Waals surface area contributed by atoms with Gasteiger partial charge in [-0.05, 0) is 24.9 Å². The van der Waals surface area contributed by atoms with E-state index in [0.29, 0.717) is 13.2 Å². The molecule has 1 unspecified atom stereocenters. The van der Waals surface area contributed by atoms with Crippen LogP contribution in [0.5, 0.6) is 0 Å². The topological polar surface area (TPSA) is 38.5 Å². The van der Waals surface area contributed by atoms with Gasteiger partial charge in [-0.2, -0.15) is 0 Å². The predicted octanol–water partition coefficient (Wildman–Crippen LogP) is 1.93. The minimum atomic E-state index is -0.0759. The number of nitrogens with zero attached hydrogens (tertiary/aromatic N) is 1. The maximum absolute atomic E-state index is 5.88. The Bertz CT molecular complexity index is 289. The van der Waals surface area contributed by atoms with Crippen molar-refractivity contribution in [2.24, 2.45) is 5.73 Å². The quantitative estimate of drug-likeness (QED) is 0.794. The number of methoxy groups -OCH3 is 1. The highest BCUT2D eigenvalue weighted by molar-refractivity contribution is 7.09. The standard InChI is InChI=1S/C12H22N2OS/c1-4-14(8-11-6-5-7-16-11)12(2,9-13)10-15-3/h5-7H,4,8-10,13H2,1-3H3. The highest BCUT2D eigenvalue weighted by atomic mass is 32.1. The lowest BCUT2D eigenvalue weighted by molar-refractivity contribution is 0.0255. The fraction of sp³-hybridized carbons (Fsp3) is 0.667. The van der Waals surface area contributed by atoms with Crippen molar-refractivity contribution >= 4 is 11.3 Å². The molecular formula is C12H22N2OS.